The van der Waals surface area contributed by atoms with Crippen LogP contribution in [0.15, 0.2) is 11.6 Å². The molecule has 2 amide bonds. The zero-order valence-electron chi connectivity index (χ0n) is 5.97. The Hall–Kier alpha value is -1.12. The van der Waals surface area contributed by atoms with Gasteiger partial charge >= 0.3 is 0 Å². The maximum absolute atomic E-state index is 10.8. The van der Waals surface area contributed by atoms with Gasteiger partial charge in [0, 0.05) is 13.1 Å². The summed E-state index contributed by atoms with van der Waals surface area (Å²) < 4.78 is 0. The first-order valence-corrected chi connectivity index (χ1v) is 3.18. The molecule has 1 rings (SSSR count). The van der Waals surface area contributed by atoms with Crippen molar-refractivity contribution in [2.24, 2.45) is 5.92 Å². The van der Waals surface area contributed by atoms with Crippen LogP contribution in [0, 0.1) is 5.92 Å². The zero-order chi connectivity index (χ0) is 7.72. The Labute approximate surface area is 60.6 Å². The molecule has 1 heterocycles. The lowest BCUT2D eigenvalue weighted by atomic mass is 10.0. The number of nitrogens with one attached hydrogen (secondary N) is 1. The number of rotatable bonds is 1. The molecule has 1 aliphatic rings. The minimum absolute atomic E-state index is 0. The van der Waals surface area contributed by atoms with E-state index in [4.69, 9.17) is 0 Å². The fourth-order valence-electron chi connectivity index (χ4n) is 0.856. The summed E-state index contributed by atoms with van der Waals surface area (Å²) in [6.07, 6.45) is 1.35. The van der Waals surface area contributed by atoms with E-state index < -0.39 is 0 Å². The first kappa shape index (κ1) is 6.99. The molecule has 0 fully saturated rings. The Kier molecular flexibility index (Phi) is 1.57. The van der Waals surface area contributed by atoms with Crippen LogP contribution < -0.4 is 5.32 Å². The van der Waals surface area contributed by atoms with E-state index in [1.807, 2.05) is 13.8 Å². The monoisotopic (exact) mass is 141 g/mol. The van der Waals surface area contributed by atoms with Gasteiger partial charge in [-0.25, -0.2) is 0 Å². The minimum atomic E-state index is -0.297. The molecule has 0 saturated carbocycles. The second kappa shape index (κ2) is 2.25. The SMILES string of the molecule is CC(C)C1=CC(=O)NC1=O.[HH]. The van der Waals surface area contributed by atoms with Gasteiger partial charge in [0.1, 0.15) is 0 Å². The molecule has 1 aliphatic heterocycles. The average Bonchev–Trinajstić information content (AvgIpc) is 2.10. The quantitative estimate of drug-likeness (QED) is 0.539. The smallest absolute Gasteiger partial charge is 0.254 e. The largest absolute Gasteiger partial charge is 0.289 e. The summed E-state index contributed by atoms with van der Waals surface area (Å²) in [7, 11) is 0. The van der Waals surface area contributed by atoms with Crippen LogP contribution in [-0.4, -0.2) is 11.8 Å². The summed E-state index contributed by atoms with van der Waals surface area (Å²) in [5, 5.41) is 2.18. The molecule has 0 aromatic carbocycles. The van der Waals surface area contributed by atoms with Gasteiger partial charge < -0.3 is 0 Å². The summed E-state index contributed by atoms with van der Waals surface area (Å²) >= 11 is 0. The number of carbonyl (C=O) groups is 2. The van der Waals surface area contributed by atoms with Gasteiger partial charge in [-0.3, -0.25) is 14.9 Å². The Balaban J connectivity index is 0.000001000. The molecule has 0 aromatic rings. The molecule has 0 spiro atoms. The Bertz CT molecular complexity index is 220. The number of hydrogen-bond acceptors (Lipinski definition) is 2. The highest BCUT2D eigenvalue weighted by atomic mass is 16.2. The number of imide groups is 1. The molecule has 0 bridgehead atoms. The van der Waals surface area contributed by atoms with Crippen molar-refractivity contribution < 1.29 is 11.0 Å². The Morgan fingerprint density at radius 2 is 2.10 bits per heavy atom. The minimum Gasteiger partial charge on any atom is -0.289 e. The van der Waals surface area contributed by atoms with E-state index in [9.17, 15) is 9.59 Å². The van der Waals surface area contributed by atoms with E-state index in [2.05, 4.69) is 5.32 Å². The third-order valence-electron chi connectivity index (χ3n) is 1.41. The Morgan fingerprint density at radius 1 is 1.50 bits per heavy atom. The molecule has 0 aromatic heterocycles. The molecule has 0 aliphatic carbocycles. The van der Waals surface area contributed by atoms with Crippen LogP contribution in [0.1, 0.15) is 15.3 Å². The lowest BCUT2D eigenvalue weighted by molar-refractivity contribution is -0.124. The Morgan fingerprint density at radius 3 is 2.30 bits per heavy atom. The van der Waals surface area contributed by atoms with Crippen LogP contribution in [0.4, 0.5) is 0 Å². The number of amides is 2. The third kappa shape index (κ3) is 1.07. The fourth-order valence-corrected chi connectivity index (χ4v) is 0.856. The number of hydrogen-bond donors (Lipinski definition) is 1. The van der Waals surface area contributed by atoms with Crippen molar-refractivity contribution in [3.63, 3.8) is 0 Å². The molecule has 0 atom stereocenters. The van der Waals surface area contributed by atoms with E-state index in [1.54, 1.807) is 0 Å². The zero-order valence-corrected chi connectivity index (χ0v) is 5.97. The van der Waals surface area contributed by atoms with Crippen LogP contribution in [0.3, 0.4) is 0 Å². The molecular weight excluding hydrogens is 130 g/mol. The first-order valence-electron chi connectivity index (χ1n) is 3.18. The van der Waals surface area contributed by atoms with Crippen molar-refractivity contribution in [2.75, 3.05) is 0 Å². The van der Waals surface area contributed by atoms with Gasteiger partial charge in [-0.05, 0) is 5.92 Å². The van der Waals surface area contributed by atoms with E-state index >= 15 is 0 Å². The van der Waals surface area contributed by atoms with Gasteiger partial charge in [-0.2, -0.15) is 0 Å². The highest BCUT2D eigenvalue weighted by molar-refractivity contribution is 6.16. The highest BCUT2D eigenvalue weighted by Gasteiger charge is 2.22. The third-order valence-corrected chi connectivity index (χ3v) is 1.41. The lowest BCUT2D eigenvalue weighted by Gasteiger charge is -2.00. The predicted octanol–water partition coefficient (Wildman–Crippen LogP) is 0.471. The van der Waals surface area contributed by atoms with Crippen LogP contribution in [-0.2, 0) is 9.59 Å². The van der Waals surface area contributed by atoms with Crippen LogP contribution in [0.25, 0.3) is 0 Å². The van der Waals surface area contributed by atoms with Crippen LogP contribution in [0.5, 0.6) is 0 Å². The molecule has 1 N–H and O–H groups in total. The average molecular weight is 141 g/mol. The molecule has 3 nitrogen and oxygen atoms in total. The topological polar surface area (TPSA) is 46.2 Å². The standard InChI is InChI=1S/C7H9NO2.H2/c1-4(2)5-3-6(9)8-7(5)10;/h3-4H,1-2H3,(H,8,9,10);1H. The molecule has 0 saturated heterocycles. The second-order valence-corrected chi connectivity index (χ2v) is 2.57. The van der Waals surface area contributed by atoms with E-state index in [0.29, 0.717) is 5.57 Å². The normalized spacial score (nSPS) is 17.7. The van der Waals surface area contributed by atoms with Crippen molar-refractivity contribution in [2.45, 2.75) is 13.8 Å². The van der Waals surface area contributed by atoms with E-state index in [-0.39, 0.29) is 19.2 Å². The molecule has 0 radical (unpaired) electrons. The summed E-state index contributed by atoms with van der Waals surface area (Å²) in [4.78, 5) is 21.4. The van der Waals surface area contributed by atoms with Gasteiger partial charge in [-0.15, -0.1) is 0 Å². The van der Waals surface area contributed by atoms with Gasteiger partial charge in [0.25, 0.3) is 11.8 Å². The van der Waals surface area contributed by atoms with Gasteiger partial charge in [0.15, 0.2) is 0 Å². The van der Waals surface area contributed by atoms with Crippen LogP contribution >= 0.6 is 0 Å². The van der Waals surface area contributed by atoms with Gasteiger partial charge in [0.05, 0.1) is 0 Å². The summed E-state index contributed by atoms with van der Waals surface area (Å²) in [6.45, 7) is 3.76. The summed E-state index contributed by atoms with van der Waals surface area (Å²) in [5.74, 6) is -0.417. The van der Waals surface area contributed by atoms with E-state index in [0.717, 1.165) is 0 Å². The maximum Gasteiger partial charge on any atom is 0.254 e. The van der Waals surface area contributed by atoms with Gasteiger partial charge in [0.2, 0.25) is 0 Å². The molecule has 3 heteroatoms. The lowest BCUT2D eigenvalue weighted by Crippen LogP contribution is -2.23. The van der Waals surface area contributed by atoms with Crippen molar-refractivity contribution in [1.29, 1.82) is 0 Å². The summed E-state index contributed by atoms with van der Waals surface area (Å²) in [6, 6.07) is 0. The molecule has 0 unspecified atom stereocenters. The van der Waals surface area contributed by atoms with Crippen molar-refractivity contribution in [1.82, 2.24) is 5.32 Å². The van der Waals surface area contributed by atoms with Crippen molar-refractivity contribution in [3.05, 3.63) is 11.6 Å². The fraction of sp³-hybridized carbons (Fsp3) is 0.429. The maximum atomic E-state index is 10.8. The van der Waals surface area contributed by atoms with E-state index in [1.165, 1.54) is 6.08 Å². The summed E-state index contributed by atoms with van der Waals surface area (Å²) in [5.41, 5.74) is 0.574. The number of carbonyl (C=O) groups excluding carboxylic acids is 2. The van der Waals surface area contributed by atoms with Crippen molar-refractivity contribution >= 4 is 11.8 Å². The highest BCUT2D eigenvalue weighted by Crippen LogP contribution is 2.12. The molecular formula is C7H11NO2. The second-order valence-electron chi connectivity index (χ2n) is 2.57. The van der Waals surface area contributed by atoms with Crippen LogP contribution in [0.2, 0.25) is 0 Å². The van der Waals surface area contributed by atoms with Crippen molar-refractivity contribution in [3.8, 4) is 0 Å². The predicted molar refractivity (Wildman–Crippen MR) is 38.2 cm³/mol. The molecule has 56 valence electrons. The van der Waals surface area contributed by atoms with Gasteiger partial charge in [-0.1, -0.05) is 13.8 Å². The molecule has 10 heavy (non-hydrogen) atoms. The first-order chi connectivity index (χ1) is 4.61.